The first-order chi connectivity index (χ1) is 12.2. The molecule has 126 valence electrons. The molecule has 4 rings (SSSR count). The van der Waals surface area contributed by atoms with Gasteiger partial charge in [-0.3, -0.25) is 0 Å². The van der Waals surface area contributed by atoms with Crippen molar-refractivity contribution in [3.63, 3.8) is 0 Å². The molecule has 0 aliphatic heterocycles. The van der Waals surface area contributed by atoms with E-state index in [-0.39, 0.29) is 0 Å². The molecule has 25 heavy (non-hydrogen) atoms. The maximum atomic E-state index is 6.11. The Bertz CT molecular complexity index is 990. The quantitative estimate of drug-likeness (QED) is 0.433. The SMILES string of the molecule is Cc1occc1-c1nnc(SCc2coc(-c3ccccc3)n2)n1N. The highest BCUT2D eigenvalue weighted by atomic mass is 32.2. The summed E-state index contributed by atoms with van der Waals surface area (Å²) in [7, 11) is 0. The van der Waals surface area contributed by atoms with E-state index in [4.69, 9.17) is 14.7 Å². The first-order valence-corrected chi connectivity index (χ1v) is 8.58. The number of nitrogens with two attached hydrogens (primary N) is 1. The standard InChI is InChI=1S/C17H15N5O2S/c1-11-14(7-8-23-11)15-20-21-17(22(15)18)25-10-13-9-24-16(19-13)12-5-3-2-4-6-12/h2-9H,10,18H2,1H3. The molecule has 0 radical (unpaired) electrons. The molecule has 0 aliphatic carbocycles. The number of aromatic nitrogens is 4. The van der Waals surface area contributed by atoms with E-state index in [0.717, 1.165) is 22.6 Å². The van der Waals surface area contributed by atoms with Crippen LogP contribution in [0.4, 0.5) is 0 Å². The average Bonchev–Trinajstić information content (AvgIpc) is 3.35. The Morgan fingerprint density at radius 3 is 2.72 bits per heavy atom. The van der Waals surface area contributed by atoms with Crippen molar-refractivity contribution < 1.29 is 8.83 Å². The molecule has 2 N–H and O–H groups in total. The maximum absolute atomic E-state index is 6.11. The smallest absolute Gasteiger partial charge is 0.226 e. The predicted molar refractivity (Wildman–Crippen MR) is 94.1 cm³/mol. The summed E-state index contributed by atoms with van der Waals surface area (Å²) in [6.45, 7) is 1.86. The molecule has 0 saturated carbocycles. The predicted octanol–water partition coefficient (Wildman–Crippen LogP) is 3.51. The molecule has 3 aromatic heterocycles. The molecule has 0 atom stereocenters. The highest BCUT2D eigenvalue weighted by Crippen LogP contribution is 2.27. The van der Waals surface area contributed by atoms with E-state index in [9.17, 15) is 0 Å². The van der Waals surface area contributed by atoms with Crippen molar-refractivity contribution in [3.05, 3.63) is 60.4 Å². The fraction of sp³-hybridized carbons (Fsp3) is 0.118. The number of hydrogen-bond donors (Lipinski definition) is 1. The van der Waals surface area contributed by atoms with Gasteiger partial charge in [0.05, 0.1) is 17.5 Å². The minimum Gasteiger partial charge on any atom is -0.469 e. The van der Waals surface area contributed by atoms with Crippen LogP contribution in [0.2, 0.25) is 0 Å². The third-order valence-electron chi connectivity index (χ3n) is 3.69. The van der Waals surface area contributed by atoms with Crippen LogP contribution in [0.3, 0.4) is 0 Å². The largest absolute Gasteiger partial charge is 0.469 e. The van der Waals surface area contributed by atoms with E-state index < -0.39 is 0 Å². The Balaban J connectivity index is 1.49. The minimum atomic E-state index is 0.568. The minimum absolute atomic E-state index is 0.568. The summed E-state index contributed by atoms with van der Waals surface area (Å²) in [6, 6.07) is 11.6. The first-order valence-electron chi connectivity index (χ1n) is 7.60. The Kier molecular flexibility index (Phi) is 4.02. The number of hydrogen-bond acceptors (Lipinski definition) is 7. The van der Waals surface area contributed by atoms with Gasteiger partial charge in [-0.15, -0.1) is 10.2 Å². The van der Waals surface area contributed by atoms with Crippen molar-refractivity contribution in [3.8, 4) is 22.8 Å². The number of nitrogen functional groups attached to an aromatic ring is 1. The van der Waals surface area contributed by atoms with Gasteiger partial charge in [0.25, 0.3) is 0 Å². The average molecular weight is 353 g/mol. The van der Waals surface area contributed by atoms with Crippen molar-refractivity contribution in [1.82, 2.24) is 19.9 Å². The van der Waals surface area contributed by atoms with Gasteiger partial charge in [0.1, 0.15) is 12.0 Å². The maximum Gasteiger partial charge on any atom is 0.226 e. The van der Waals surface area contributed by atoms with Crippen molar-refractivity contribution in [2.24, 2.45) is 0 Å². The highest BCUT2D eigenvalue weighted by molar-refractivity contribution is 7.98. The molecule has 3 heterocycles. The summed E-state index contributed by atoms with van der Waals surface area (Å²) in [4.78, 5) is 4.50. The molecule has 0 bridgehead atoms. The number of benzene rings is 1. The molecule has 0 aliphatic rings. The van der Waals surface area contributed by atoms with E-state index in [1.807, 2.05) is 43.3 Å². The monoisotopic (exact) mass is 353 g/mol. The lowest BCUT2D eigenvalue weighted by Gasteiger charge is -2.01. The number of oxazole rings is 1. The van der Waals surface area contributed by atoms with Crippen LogP contribution >= 0.6 is 11.8 Å². The molecule has 4 aromatic rings. The normalized spacial score (nSPS) is 11.1. The third kappa shape index (κ3) is 3.03. The Morgan fingerprint density at radius 1 is 1.12 bits per heavy atom. The van der Waals surface area contributed by atoms with Gasteiger partial charge in [0.15, 0.2) is 5.82 Å². The summed E-state index contributed by atoms with van der Waals surface area (Å²) in [5.41, 5.74) is 2.58. The van der Waals surface area contributed by atoms with Crippen LogP contribution in [0.25, 0.3) is 22.8 Å². The third-order valence-corrected chi connectivity index (χ3v) is 4.66. The second-order valence-corrected chi connectivity index (χ2v) is 6.31. The van der Waals surface area contributed by atoms with Crippen molar-refractivity contribution in [2.75, 3.05) is 5.84 Å². The van der Waals surface area contributed by atoms with Gasteiger partial charge in [0.2, 0.25) is 11.0 Å². The molecule has 0 amide bonds. The molecule has 7 nitrogen and oxygen atoms in total. The van der Waals surface area contributed by atoms with Gasteiger partial charge in [-0.1, -0.05) is 30.0 Å². The molecular weight excluding hydrogens is 338 g/mol. The number of furan rings is 1. The second kappa shape index (κ2) is 6.48. The van der Waals surface area contributed by atoms with Gasteiger partial charge in [-0.2, -0.15) is 0 Å². The van der Waals surface area contributed by atoms with Gasteiger partial charge in [0, 0.05) is 11.3 Å². The van der Waals surface area contributed by atoms with Crippen LogP contribution in [-0.2, 0) is 5.75 Å². The van der Waals surface area contributed by atoms with Crippen molar-refractivity contribution in [2.45, 2.75) is 17.8 Å². The lowest BCUT2D eigenvalue weighted by Crippen LogP contribution is -2.11. The van der Waals surface area contributed by atoms with Crippen LogP contribution in [0, 0.1) is 6.92 Å². The molecule has 0 unspecified atom stereocenters. The summed E-state index contributed by atoms with van der Waals surface area (Å²) in [5.74, 6) is 8.60. The number of aryl methyl sites for hydroxylation is 1. The topological polar surface area (TPSA) is 95.9 Å². The van der Waals surface area contributed by atoms with E-state index in [1.54, 1.807) is 12.5 Å². The van der Waals surface area contributed by atoms with Crippen LogP contribution in [0.1, 0.15) is 11.5 Å². The lowest BCUT2D eigenvalue weighted by atomic mass is 10.2. The summed E-state index contributed by atoms with van der Waals surface area (Å²) in [6.07, 6.45) is 3.25. The van der Waals surface area contributed by atoms with E-state index in [2.05, 4.69) is 15.2 Å². The molecule has 0 fully saturated rings. The van der Waals surface area contributed by atoms with Gasteiger partial charge < -0.3 is 14.7 Å². The zero-order valence-corrected chi connectivity index (χ0v) is 14.2. The highest BCUT2D eigenvalue weighted by Gasteiger charge is 2.16. The lowest BCUT2D eigenvalue weighted by molar-refractivity contribution is 0.535. The van der Waals surface area contributed by atoms with Crippen LogP contribution in [0.5, 0.6) is 0 Å². The van der Waals surface area contributed by atoms with Crippen molar-refractivity contribution >= 4 is 11.8 Å². The van der Waals surface area contributed by atoms with E-state index >= 15 is 0 Å². The van der Waals surface area contributed by atoms with Crippen LogP contribution in [0.15, 0.2) is 62.9 Å². The number of rotatable bonds is 5. The summed E-state index contributed by atoms with van der Waals surface area (Å²) in [5, 5.41) is 8.89. The number of thioether (sulfide) groups is 1. The summed E-state index contributed by atoms with van der Waals surface area (Å²) < 4.78 is 12.3. The molecule has 1 aromatic carbocycles. The zero-order valence-electron chi connectivity index (χ0n) is 13.4. The van der Waals surface area contributed by atoms with Crippen LogP contribution < -0.4 is 5.84 Å². The molecule has 0 saturated heterocycles. The summed E-state index contributed by atoms with van der Waals surface area (Å²) >= 11 is 1.44. The molecule has 8 heteroatoms. The Morgan fingerprint density at radius 2 is 1.96 bits per heavy atom. The van der Waals surface area contributed by atoms with Crippen LogP contribution in [-0.4, -0.2) is 19.9 Å². The van der Waals surface area contributed by atoms with E-state index in [1.165, 1.54) is 16.4 Å². The molecular formula is C17H15N5O2S. The van der Waals surface area contributed by atoms with Gasteiger partial charge in [-0.05, 0) is 25.1 Å². The second-order valence-electron chi connectivity index (χ2n) is 5.37. The fourth-order valence-corrected chi connectivity index (χ4v) is 3.13. The number of nitrogens with zero attached hydrogens (tertiary/aromatic N) is 4. The van der Waals surface area contributed by atoms with Gasteiger partial charge in [-0.25, -0.2) is 9.66 Å². The molecule has 0 spiro atoms. The van der Waals surface area contributed by atoms with Gasteiger partial charge >= 0.3 is 0 Å². The van der Waals surface area contributed by atoms with E-state index in [0.29, 0.717) is 22.6 Å². The first kappa shape index (κ1) is 15.5. The van der Waals surface area contributed by atoms with Crippen molar-refractivity contribution in [1.29, 1.82) is 0 Å². The fourth-order valence-electron chi connectivity index (χ4n) is 2.40. The zero-order chi connectivity index (χ0) is 17.2. The Labute approximate surface area is 147 Å². The Hall–Kier alpha value is -3.00.